The molecule has 4 amide bonds. The second-order valence-corrected chi connectivity index (χ2v) is 8.37. The van der Waals surface area contributed by atoms with Gasteiger partial charge in [-0.2, -0.15) is 0 Å². The number of ketones is 1. The third kappa shape index (κ3) is 6.47. The number of imide groups is 1. The zero-order valence-electron chi connectivity index (χ0n) is 19.9. The van der Waals surface area contributed by atoms with Crippen LogP contribution >= 0.6 is 11.6 Å². The Balaban J connectivity index is 1.78. The van der Waals surface area contributed by atoms with Crippen molar-refractivity contribution in [1.29, 1.82) is 0 Å². The molecule has 0 saturated heterocycles. The number of amides is 4. The average molecular weight is 529 g/mol. The van der Waals surface area contributed by atoms with E-state index in [4.69, 9.17) is 17.3 Å². The van der Waals surface area contributed by atoms with E-state index in [9.17, 15) is 28.0 Å². The predicted molar refractivity (Wildman–Crippen MR) is 135 cm³/mol. The molecule has 0 heterocycles. The van der Waals surface area contributed by atoms with Gasteiger partial charge in [0.1, 0.15) is 11.6 Å². The molecule has 0 fully saturated rings. The van der Waals surface area contributed by atoms with Crippen LogP contribution in [0.25, 0.3) is 0 Å². The van der Waals surface area contributed by atoms with Crippen molar-refractivity contribution in [1.82, 2.24) is 10.2 Å². The fourth-order valence-corrected chi connectivity index (χ4v) is 3.75. The van der Waals surface area contributed by atoms with E-state index in [1.54, 1.807) is 19.9 Å². The molecule has 0 bridgehead atoms. The van der Waals surface area contributed by atoms with Gasteiger partial charge >= 0.3 is 6.03 Å². The fraction of sp³-hybridized carbons (Fsp3) is 0.154. The number of primary amides is 1. The lowest BCUT2D eigenvalue weighted by atomic mass is 9.96. The van der Waals surface area contributed by atoms with Crippen molar-refractivity contribution in [3.8, 4) is 0 Å². The molecule has 37 heavy (non-hydrogen) atoms. The highest BCUT2D eigenvalue weighted by Gasteiger charge is 2.20. The minimum atomic E-state index is -0.925. The minimum absolute atomic E-state index is 0.0301. The first-order valence-corrected chi connectivity index (χ1v) is 11.4. The number of rotatable bonds is 8. The van der Waals surface area contributed by atoms with Crippen molar-refractivity contribution >= 4 is 46.6 Å². The van der Waals surface area contributed by atoms with Gasteiger partial charge in [0.15, 0.2) is 5.78 Å². The minimum Gasteiger partial charge on any atom is -0.353 e. The molecule has 0 atom stereocenters. The number of benzene rings is 3. The van der Waals surface area contributed by atoms with E-state index >= 15 is 0 Å². The van der Waals surface area contributed by atoms with Crippen molar-refractivity contribution in [2.45, 2.75) is 13.8 Å². The molecule has 3 aromatic carbocycles. The summed E-state index contributed by atoms with van der Waals surface area (Å²) in [4.78, 5) is 50.0. The number of carbonyl (C=O) groups is 4. The van der Waals surface area contributed by atoms with Crippen LogP contribution in [0.4, 0.5) is 25.0 Å². The van der Waals surface area contributed by atoms with Crippen LogP contribution < -0.4 is 16.4 Å². The topological polar surface area (TPSA) is 122 Å². The van der Waals surface area contributed by atoms with Crippen molar-refractivity contribution in [2.24, 2.45) is 5.73 Å². The number of urea groups is 1. The predicted octanol–water partition coefficient (Wildman–Crippen LogP) is 4.56. The number of hydrogen-bond acceptors (Lipinski definition) is 5. The molecule has 0 aromatic heterocycles. The van der Waals surface area contributed by atoms with Crippen molar-refractivity contribution in [3.05, 3.63) is 93.5 Å². The zero-order valence-corrected chi connectivity index (χ0v) is 20.7. The summed E-state index contributed by atoms with van der Waals surface area (Å²) >= 11 is 6.34. The van der Waals surface area contributed by atoms with Crippen molar-refractivity contribution in [2.75, 3.05) is 18.4 Å². The van der Waals surface area contributed by atoms with Crippen LogP contribution in [0.3, 0.4) is 0 Å². The average Bonchev–Trinajstić information content (AvgIpc) is 2.84. The van der Waals surface area contributed by atoms with Gasteiger partial charge in [-0.15, -0.1) is 0 Å². The molecule has 0 aliphatic carbocycles. The van der Waals surface area contributed by atoms with E-state index in [-0.39, 0.29) is 33.9 Å². The molecule has 0 radical (unpaired) electrons. The first-order valence-electron chi connectivity index (χ1n) is 11.1. The number of anilines is 2. The molecule has 3 aromatic rings. The molecule has 4 N–H and O–H groups in total. The SMILES string of the molecule is CCN(C(N)=O)C(=O)CNC(=O)c1ccc(C)c(C(=O)c2ccc(Nc3ccc(F)cc3F)cc2Cl)c1. The van der Waals surface area contributed by atoms with Crippen LogP contribution in [0.5, 0.6) is 0 Å². The molecular weight excluding hydrogens is 506 g/mol. The van der Waals surface area contributed by atoms with E-state index in [0.717, 1.165) is 17.0 Å². The molecule has 8 nitrogen and oxygen atoms in total. The Labute approximate surface area is 216 Å². The Morgan fingerprint density at radius 2 is 1.70 bits per heavy atom. The van der Waals surface area contributed by atoms with Gasteiger partial charge in [0.05, 0.1) is 17.3 Å². The number of carbonyl (C=O) groups excluding carboxylic acids is 4. The van der Waals surface area contributed by atoms with Gasteiger partial charge in [-0.1, -0.05) is 17.7 Å². The summed E-state index contributed by atoms with van der Waals surface area (Å²) in [7, 11) is 0. The third-order valence-corrected chi connectivity index (χ3v) is 5.76. The van der Waals surface area contributed by atoms with Crippen molar-refractivity contribution < 1.29 is 28.0 Å². The first-order chi connectivity index (χ1) is 17.5. The third-order valence-electron chi connectivity index (χ3n) is 5.45. The highest BCUT2D eigenvalue weighted by molar-refractivity contribution is 6.35. The van der Waals surface area contributed by atoms with Gasteiger partial charge in [0.25, 0.3) is 5.91 Å². The van der Waals surface area contributed by atoms with Crippen LogP contribution in [-0.4, -0.2) is 41.6 Å². The van der Waals surface area contributed by atoms with Gasteiger partial charge in [-0.25, -0.2) is 13.6 Å². The maximum atomic E-state index is 13.9. The highest BCUT2D eigenvalue weighted by atomic mass is 35.5. The summed E-state index contributed by atoms with van der Waals surface area (Å²) in [6.07, 6.45) is 0. The maximum absolute atomic E-state index is 13.9. The summed E-state index contributed by atoms with van der Waals surface area (Å²) in [6, 6.07) is 11.0. The van der Waals surface area contributed by atoms with E-state index in [2.05, 4.69) is 10.6 Å². The standard InChI is InChI=1S/C26H23ClF2N4O4/c1-3-33(26(30)37)23(34)13-31-25(36)15-5-4-14(2)19(10-15)24(35)18-8-7-17(12-20(18)27)32-22-9-6-16(28)11-21(22)29/h4-12,32H,3,13H2,1-2H3,(H2,30,37)(H,31,36). The molecule has 192 valence electrons. The lowest BCUT2D eigenvalue weighted by Gasteiger charge is -2.16. The molecule has 0 saturated carbocycles. The maximum Gasteiger partial charge on any atom is 0.321 e. The number of aryl methyl sites for hydroxylation is 1. The summed E-state index contributed by atoms with van der Waals surface area (Å²) in [6.45, 7) is 2.85. The Kier molecular flexibility index (Phi) is 8.56. The van der Waals surface area contributed by atoms with Crippen LogP contribution in [0.1, 0.15) is 38.8 Å². The number of halogens is 3. The first kappa shape index (κ1) is 27.3. The quantitative estimate of drug-likeness (QED) is 0.370. The van der Waals surface area contributed by atoms with Gasteiger partial charge < -0.3 is 16.4 Å². The molecule has 0 aliphatic heterocycles. The van der Waals surface area contributed by atoms with Crippen LogP contribution in [0.15, 0.2) is 54.6 Å². The zero-order chi connectivity index (χ0) is 27.3. The smallest absolute Gasteiger partial charge is 0.321 e. The van der Waals surface area contributed by atoms with E-state index in [0.29, 0.717) is 11.3 Å². The molecular formula is C26H23ClF2N4O4. The van der Waals surface area contributed by atoms with Crippen molar-refractivity contribution in [3.63, 3.8) is 0 Å². The molecule has 0 aliphatic rings. The molecule has 0 unspecified atom stereocenters. The summed E-state index contributed by atoms with van der Waals surface area (Å²) in [5.41, 5.74) is 6.58. The fourth-order valence-electron chi connectivity index (χ4n) is 3.48. The lowest BCUT2D eigenvalue weighted by Crippen LogP contribution is -2.45. The number of nitrogens with zero attached hydrogens (tertiary/aromatic N) is 1. The highest BCUT2D eigenvalue weighted by Crippen LogP contribution is 2.28. The van der Waals surface area contributed by atoms with Gasteiger partial charge in [-0.3, -0.25) is 19.3 Å². The molecule has 11 heteroatoms. The number of likely N-dealkylation sites (N-methyl/N-ethyl adjacent to an activating group) is 1. The number of hydrogen-bond donors (Lipinski definition) is 3. The largest absolute Gasteiger partial charge is 0.353 e. The summed E-state index contributed by atoms with van der Waals surface area (Å²) in [5, 5.41) is 5.25. The van der Waals surface area contributed by atoms with E-state index in [1.807, 2.05) is 0 Å². The van der Waals surface area contributed by atoms with Crippen LogP contribution in [0, 0.1) is 18.6 Å². The Bertz CT molecular complexity index is 1400. The van der Waals surface area contributed by atoms with E-state index in [1.165, 1.54) is 36.4 Å². The monoisotopic (exact) mass is 528 g/mol. The van der Waals surface area contributed by atoms with Gasteiger partial charge in [0, 0.05) is 35.0 Å². The van der Waals surface area contributed by atoms with Gasteiger partial charge in [0.2, 0.25) is 5.91 Å². The Morgan fingerprint density at radius 1 is 0.973 bits per heavy atom. The van der Waals surface area contributed by atoms with Crippen LogP contribution in [-0.2, 0) is 4.79 Å². The molecule has 0 spiro atoms. The second kappa shape index (κ2) is 11.6. The number of nitrogens with two attached hydrogens (primary N) is 1. The molecule has 3 rings (SSSR count). The number of nitrogens with one attached hydrogen (secondary N) is 2. The summed E-state index contributed by atoms with van der Waals surface area (Å²) < 4.78 is 27.1. The lowest BCUT2D eigenvalue weighted by molar-refractivity contribution is -0.126. The normalized spacial score (nSPS) is 10.5. The van der Waals surface area contributed by atoms with E-state index < -0.39 is 41.8 Å². The summed E-state index contributed by atoms with van der Waals surface area (Å²) in [5.74, 6) is -3.27. The van der Waals surface area contributed by atoms with Crippen LogP contribution in [0.2, 0.25) is 5.02 Å². The Morgan fingerprint density at radius 3 is 2.32 bits per heavy atom. The Hall–Kier alpha value is -4.31. The second-order valence-electron chi connectivity index (χ2n) is 7.96. The van der Waals surface area contributed by atoms with Gasteiger partial charge in [-0.05, 0) is 61.9 Å².